The summed E-state index contributed by atoms with van der Waals surface area (Å²) in [7, 11) is 1.98. The minimum Gasteiger partial charge on any atom is -0.341 e. The maximum atomic E-state index is 12.0. The van der Waals surface area contributed by atoms with Gasteiger partial charge in [0, 0.05) is 25.6 Å². The minimum atomic E-state index is 0.379. The number of nitrogens with zero attached hydrogens (tertiary/aromatic N) is 1. The Morgan fingerprint density at radius 3 is 2.69 bits per heavy atom. The van der Waals surface area contributed by atoms with Crippen LogP contribution >= 0.6 is 0 Å². The third-order valence-corrected chi connectivity index (χ3v) is 4.19. The summed E-state index contributed by atoms with van der Waals surface area (Å²) in [5.74, 6) is 1.22. The van der Waals surface area contributed by atoms with Crippen LogP contribution in [0, 0.1) is 5.92 Å². The van der Waals surface area contributed by atoms with Crippen LogP contribution in [-0.2, 0) is 4.79 Å². The standard InChI is InChI=1S/C13H24N2O/c1-14-12-8-9-15(10-12)13(16)7-6-11-4-2-3-5-11/h11-12,14H,2-10H2,1H3. The zero-order chi connectivity index (χ0) is 11.4. The monoisotopic (exact) mass is 224 g/mol. The van der Waals surface area contributed by atoms with Crippen molar-refractivity contribution in [2.45, 2.75) is 51.0 Å². The highest BCUT2D eigenvalue weighted by atomic mass is 16.2. The third-order valence-electron chi connectivity index (χ3n) is 4.19. The lowest BCUT2D eigenvalue weighted by Gasteiger charge is -2.17. The molecule has 1 aliphatic carbocycles. The predicted molar refractivity (Wildman–Crippen MR) is 65.2 cm³/mol. The van der Waals surface area contributed by atoms with Crippen LogP contribution in [0.25, 0.3) is 0 Å². The number of hydrogen-bond acceptors (Lipinski definition) is 2. The zero-order valence-corrected chi connectivity index (χ0v) is 10.4. The van der Waals surface area contributed by atoms with Gasteiger partial charge in [-0.1, -0.05) is 25.7 Å². The number of hydrogen-bond donors (Lipinski definition) is 1. The second-order valence-electron chi connectivity index (χ2n) is 5.30. The van der Waals surface area contributed by atoms with E-state index in [2.05, 4.69) is 5.32 Å². The Morgan fingerprint density at radius 1 is 1.31 bits per heavy atom. The highest BCUT2D eigenvalue weighted by Gasteiger charge is 2.25. The Hall–Kier alpha value is -0.570. The smallest absolute Gasteiger partial charge is 0.222 e. The molecule has 1 amide bonds. The zero-order valence-electron chi connectivity index (χ0n) is 10.4. The second-order valence-corrected chi connectivity index (χ2v) is 5.30. The van der Waals surface area contributed by atoms with Gasteiger partial charge >= 0.3 is 0 Å². The van der Waals surface area contributed by atoms with E-state index < -0.39 is 0 Å². The van der Waals surface area contributed by atoms with E-state index in [-0.39, 0.29) is 0 Å². The molecule has 1 saturated heterocycles. The fraction of sp³-hybridized carbons (Fsp3) is 0.923. The summed E-state index contributed by atoms with van der Waals surface area (Å²) < 4.78 is 0. The second kappa shape index (κ2) is 5.67. The summed E-state index contributed by atoms with van der Waals surface area (Å²) in [6.45, 7) is 1.87. The molecule has 1 aliphatic heterocycles. The molecule has 0 spiro atoms. The van der Waals surface area contributed by atoms with Crippen LogP contribution in [-0.4, -0.2) is 37.0 Å². The summed E-state index contributed by atoms with van der Waals surface area (Å²) >= 11 is 0. The molecule has 2 rings (SSSR count). The average molecular weight is 224 g/mol. The molecule has 92 valence electrons. The molecule has 0 bridgehead atoms. The molecule has 0 radical (unpaired) electrons. The van der Waals surface area contributed by atoms with E-state index in [9.17, 15) is 4.79 Å². The molecule has 3 heteroatoms. The maximum Gasteiger partial charge on any atom is 0.222 e. The molecule has 2 aliphatic rings. The molecule has 0 aromatic heterocycles. The lowest BCUT2D eigenvalue weighted by atomic mass is 10.0. The van der Waals surface area contributed by atoms with Crippen LogP contribution in [0.15, 0.2) is 0 Å². The molecule has 1 heterocycles. The Morgan fingerprint density at radius 2 is 2.06 bits per heavy atom. The van der Waals surface area contributed by atoms with Crippen molar-refractivity contribution < 1.29 is 4.79 Å². The summed E-state index contributed by atoms with van der Waals surface area (Å²) in [6.07, 6.45) is 8.49. The van der Waals surface area contributed by atoms with Crippen molar-refractivity contribution in [2.75, 3.05) is 20.1 Å². The van der Waals surface area contributed by atoms with Gasteiger partial charge in [0.2, 0.25) is 5.91 Å². The molecule has 2 fully saturated rings. The molecular formula is C13H24N2O. The van der Waals surface area contributed by atoms with E-state index in [0.29, 0.717) is 11.9 Å². The predicted octanol–water partition coefficient (Wildman–Crippen LogP) is 1.78. The van der Waals surface area contributed by atoms with E-state index in [1.165, 1.54) is 25.7 Å². The fourth-order valence-corrected chi connectivity index (χ4v) is 3.01. The highest BCUT2D eigenvalue weighted by Crippen LogP contribution is 2.28. The summed E-state index contributed by atoms with van der Waals surface area (Å²) in [5.41, 5.74) is 0. The Kier molecular flexibility index (Phi) is 4.22. The van der Waals surface area contributed by atoms with Crippen molar-refractivity contribution in [3.8, 4) is 0 Å². The van der Waals surface area contributed by atoms with Crippen LogP contribution in [0.2, 0.25) is 0 Å². The lowest BCUT2D eigenvalue weighted by Crippen LogP contribution is -2.33. The summed E-state index contributed by atoms with van der Waals surface area (Å²) in [5, 5.41) is 3.25. The van der Waals surface area contributed by atoms with Crippen LogP contribution < -0.4 is 5.32 Å². The maximum absolute atomic E-state index is 12.0. The van der Waals surface area contributed by atoms with E-state index in [1.807, 2.05) is 11.9 Å². The average Bonchev–Trinajstić information content (AvgIpc) is 2.96. The summed E-state index contributed by atoms with van der Waals surface area (Å²) in [4.78, 5) is 14.0. The lowest BCUT2D eigenvalue weighted by molar-refractivity contribution is -0.130. The van der Waals surface area contributed by atoms with E-state index in [0.717, 1.165) is 38.3 Å². The van der Waals surface area contributed by atoms with Crippen molar-refractivity contribution >= 4 is 5.91 Å². The van der Waals surface area contributed by atoms with Crippen molar-refractivity contribution in [3.63, 3.8) is 0 Å². The SMILES string of the molecule is CNC1CCN(C(=O)CCC2CCCC2)C1. The molecule has 1 atom stereocenters. The first-order chi connectivity index (χ1) is 7.79. The van der Waals surface area contributed by atoms with Crippen LogP contribution in [0.3, 0.4) is 0 Å². The number of likely N-dealkylation sites (tertiary alicyclic amines) is 1. The Bertz CT molecular complexity index is 236. The number of rotatable bonds is 4. The van der Waals surface area contributed by atoms with Gasteiger partial charge in [0.1, 0.15) is 0 Å². The van der Waals surface area contributed by atoms with Crippen molar-refractivity contribution in [2.24, 2.45) is 5.92 Å². The minimum absolute atomic E-state index is 0.379. The number of nitrogens with one attached hydrogen (secondary N) is 1. The van der Waals surface area contributed by atoms with Gasteiger partial charge in [-0.05, 0) is 25.8 Å². The van der Waals surface area contributed by atoms with Crippen molar-refractivity contribution in [1.82, 2.24) is 10.2 Å². The number of amides is 1. The largest absolute Gasteiger partial charge is 0.341 e. The van der Waals surface area contributed by atoms with E-state index in [1.54, 1.807) is 0 Å². The fourth-order valence-electron chi connectivity index (χ4n) is 3.01. The number of carbonyl (C=O) groups excluding carboxylic acids is 1. The van der Waals surface area contributed by atoms with E-state index >= 15 is 0 Å². The van der Waals surface area contributed by atoms with Gasteiger partial charge in [0.15, 0.2) is 0 Å². The molecule has 0 aromatic rings. The number of likely N-dealkylation sites (N-methyl/N-ethyl adjacent to an activating group) is 1. The van der Waals surface area contributed by atoms with Crippen LogP contribution in [0.4, 0.5) is 0 Å². The topological polar surface area (TPSA) is 32.3 Å². The van der Waals surface area contributed by atoms with Gasteiger partial charge in [0.25, 0.3) is 0 Å². The summed E-state index contributed by atoms with van der Waals surface area (Å²) in [6, 6.07) is 0.524. The molecule has 0 aromatic carbocycles. The molecular weight excluding hydrogens is 200 g/mol. The van der Waals surface area contributed by atoms with Gasteiger partial charge in [-0.15, -0.1) is 0 Å². The number of carbonyl (C=O) groups is 1. The van der Waals surface area contributed by atoms with Gasteiger partial charge in [0.05, 0.1) is 0 Å². The third kappa shape index (κ3) is 2.97. The first kappa shape index (κ1) is 11.9. The Balaban J connectivity index is 1.67. The highest BCUT2D eigenvalue weighted by molar-refractivity contribution is 5.76. The molecule has 3 nitrogen and oxygen atoms in total. The van der Waals surface area contributed by atoms with Gasteiger partial charge in [-0.3, -0.25) is 4.79 Å². The van der Waals surface area contributed by atoms with E-state index in [4.69, 9.17) is 0 Å². The quantitative estimate of drug-likeness (QED) is 0.789. The van der Waals surface area contributed by atoms with Gasteiger partial charge < -0.3 is 10.2 Å². The van der Waals surface area contributed by atoms with Crippen LogP contribution in [0.1, 0.15) is 44.9 Å². The molecule has 16 heavy (non-hydrogen) atoms. The van der Waals surface area contributed by atoms with Gasteiger partial charge in [-0.2, -0.15) is 0 Å². The van der Waals surface area contributed by atoms with Gasteiger partial charge in [-0.25, -0.2) is 0 Å². The normalized spacial score (nSPS) is 26.6. The van der Waals surface area contributed by atoms with Crippen LogP contribution in [0.5, 0.6) is 0 Å². The van der Waals surface area contributed by atoms with Crippen molar-refractivity contribution in [3.05, 3.63) is 0 Å². The molecule has 1 saturated carbocycles. The first-order valence-corrected chi connectivity index (χ1v) is 6.74. The molecule has 1 unspecified atom stereocenters. The Labute approximate surface area is 98.6 Å². The van der Waals surface area contributed by atoms with Crippen molar-refractivity contribution in [1.29, 1.82) is 0 Å². The molecule has 1 N–H and O–H groups in total. The first-order valence-electron chi connectivity index (χ1n) is 6.74.